The van der Waals surface area contributed by atoms with E-state index in [2.05, 4.69) is 13.8 Å². The number of rotatable bonds is 22. The van der Waals surface area contributed by atoms with Gasteiger partial charge in [-0.1, -0.05) is 90.9 Å². The minimum atomic E-state index is -1.66. The summed E-state index contributed by atoms with van der Waals surface area (Å²) in [4.78, 5) is 35.2. The van der Waals surface area contributed by atoms with Crippen LogP contribution in [0.2, 0.25) is 0 Å². The van der Waals surface area contributed by atoms with Crippen molar-refractivity contribution in [2.45, 2.75) is 129 Å². The van der Waals surface area contributed by atoms with Gasteiger partial charge in [0, 0.05) is 17.2 Å². The molecule has 2 N–H and O–H groups in total. The lowest BCUT2D eigenvalue weighted by Gasteiger charge is -2.37. The summed E-state index contributed by atoms with van der Waals surface area (Å²) in [5.41, 5.74) is 5.06. The molecule has 0 bridgehead atoms. The van der Waals surface area contributed by atoms with E-state index in [0.717, 1.165) is 51.4 Å². The molecule has 1 saturated heterocycles. The Balaban J connectivity index is 2.48. The summed E-state index contributed by atoms with van der Waals surface area (Å²) in [6.07, 6.45) is 16.6. The number of esters is 2. The Labute approximate surface area is 208 Å². The van der Waals surface area contributed by atoms with E-state index in [1.807, 2.05) is 0 Å². The number of unbranched alkanes of at least 4 members (excludes halogenated alkanes) is 11. The van der Waals surface area contributed by atoms with E-state index >= 15 is 0 Å². The minimum absolute atomic E-state index is 0.120. The molecule has 1 amide bonds. The van der Waals surface area contributed by atoms with Gasteiger partial charge in [-0.05, 0) is 19.3 Å². The SMILES string of the molecule is CCCCCCCCCCC[C@@H](C[C@@H]1OC(=O)[C@H]1CCCCCC)OC(=O)CS(=O)CC(N)=O. The zero-order valence-electron chi connectivity index (χ0n) is 21.4. The average molecular weight is 502 g/mol. The molecule has 198 valence electrons. The number of cyclic esters (lactones) is 1. The van der Waals surface area contributed by atoms with Crippen LogP contribution in [0.5, 0.6) is 0 Å². The third-order valence-electron chi connectivity index (χ3n) is 6.39. The first-order chi connectivity index (χ1) is 16.4. The third kappa shape index (κ3) is 14.1. The maximum atomic E-state index is 12.3. The first-order valence-electron chi connectivity index (χ1n) is 13.4. The molecule has 4 atom stereocenters. The molecule has 1 fully saturated rings. The molecule has 0 aliphatic carbocycles. The van der Waals surface area contributed by atoms with Crippen molar-refractivity contribution in [3.63, 3.8) is 0 Å². The Kier molecular flexibility index (Phi) is 16.9. The highest BCUT2D eigenvalue weighted by atomic mass is 32.2. The molecule has 0 radical (unpaired) electrons. The number of amides is 1. The van der Waals surface area contributed by atoms with Gasteiger partial charge in [0.05, 0.1) is 5.92 Å². The van der Waals surface area contributed by atoms with E-state index in [4.69, 9.17) is 15.2 Å². The van der Waals surface area contributed by atoms with Crippen LogP contribution in [0.15, 0.2) is 0 Å². The first-order valence-corrected chi connectivity index (χ1v) is 14.9. The molecule has 1 rings (SSSR count). The zero-order valence-corrected chi connectivity index (χ0v) is 22.2. The second kappa shape index (κ2) is 18.8. The molecule has 1 aliphatic heterocycles. The molecule has 0 aromatic heterocycles. The van der Waals surface area contributed by atoms with Gasteiger partial charge >= 0.3 is 11.9 Å². The highest BCUT2D eigenvalue weighted by Crippen LogP contribution is 2.32. The van der Waals surface area contributed by atoms with Crippen molar-refractivity contribution in [2.75, 3.05) is 11.5 Å². The maximum absolute atomic E-state index is 12.3. The lowest BCUT2D eigenvalue weighted by molar-refractivity contribution is -0.190. The second-order valence-electron chi connectivity index (χ2n) is 9.59. The van der Waals surface area contributed by atoms with Gasteiger partial charge < -0.3 is 15.2 Å². The highest BCUT2D eigenvalue weighted by Gasteiger charge is 2.43. The second-order valence-corrected chi connectivity index (χ2v) is 11.0. The smallest absolute Gasteiger partial charge is 0.318 e. The molecule has 7 nitrogen and oxygen atoms in total. The third-order valence-corrected chi connectivity index (χ3v) is 7.56. The van der Waals surface area contributed by atoms with Crippen LogP contribution in [0, 0.1) is 5.92 Å². The molecule has 0 aromatic carbocycles. The molecule has 34 heavy (non-hydrogen) atoms. The van der Waals surface area contributed by atoms with Crippen LogP contribution >= 0.6 is 0 Å². The normalized spacial score (nSPS) is 19.2. The van der Waals surface area contributed by atoms with Crippen LogP contribution in [0.4, 0.5) is 0 Å². The van der Waals surface area contributed by atoms with Gasteiger partial charge in [0.15, 0.2) is 0 Å². The number of carbonyl (C=O) groups excluding carboxylic acids is 3. The van der Waals surface area contributed by atoms with Crippen LogP contribution in [0.3, 0.4) is 0 Å². The first kappa shape index (κ1) is 30.6. The van der Waals surface area contributed by atoms with Gasteiger partial charge in [0.25, 0.3) is 0 Å². The van der Waals surface area contributed by atoms with Crippen molar-refractivity contribution in [1.82, 2.24) is 0 Å². The van der Waals surface area contributed by atoms with Gasteiger partial charge in [-0.2, -0.15) is 0 Å². The van der Waals surface area contributed by atoms with Gasteiger partial charge in [-0.25, -0.2) is 0 Å². The molecule has 0 aromatic rings. The summed E-state index contributed by atoms with van der Waals surface area (Å²) in [6, 6.07) is 0. The standard InChI is InChI=1S/C26H47NO6S/c1-3-5-7-9-10-11-12-13-14-16-21(32-25(29)20-34(31)19-24(27)28)18-23-22(26(30)33-23)17-15-8-6-4-2/h21-23H,3-20H2,1-2H3,(H2,27,28)/t21-,22-,23-,34?/m0/s1. The number of hydrogen-bond acceptors (Lipinski definition) is 6. The summed E-state index contributed by atoms with van der Waals surface area (Å²) < 4.78 is 22.9. The number of hydrogen-bond donors (Lipinski definition) is 1. The Morgan fingerprint density at radius 3 is 2.03 bits per heavy atom. The predicted molar refractivity (Wildman–Crippen MR) is 136 cm³/mol. The number of primary amides is 1. The van der Waals surface area contributed by atoms with E-state index < -0.39 is 22.7 Å². The Bertz CT molecular complexity index is 626. The van der Waals surface area contributed by atoms with Crippen LogP contribution in [0.25, 0.3) is 0 Å². The minimum Gasteiger partial charge on any atom is -0.462 e. The fourth-order valence-corrected chi connectivity index (χ4v) is 5.18. The van der Waals surface area contributed by atoms with Crippen LogP contribution in [-0.2, 0) is 34.7 Å². The maximum Gasteiger partial charge on any atom is 0.318 e. The largest absolute Gasteiger partial charge is 0.462 e. The Morgan fingerprint density at radius 1 is 0.912 bits per heavy atom. The van der Waals surface area contributed by atoms with Crippen molar-refractivity contribution in [2.24, 2.45) is 11.7 Å². The van der Waals surface area contributed by atoms with Crippen LogP contribution in [0.1, 0.15) is 117 Å². The van der Waals surface area contributed by atoms with Crippen molar-refractivity contribution in [1.29, 1.82) is 0 Å². The summed E-state index contributed by atoms with van der Waals surface area (Å²) in [6.45, 7) is 4.38. The summed E-state index contributed by atoms with van der Waals surface area (Å²) in [5, 5.41) is 0. The van der Waals surface area contributed by atoms with Gasteiger partial charge in [-0.3, -0.25) is 18.6 Å². The van der Waals surface area contributed by atoms with Crippen molar-refractivity contribution >= 4 is 28.6 Å². The van der Waals surface area contributed by atoms with Crippen molar-refractivity contribution in [3.05, 3.63) is 0 Å². The van der Waals surface area contributed by atoms with Crippen molar-refractivity contribution in [3.8, 4) is 0 Å². The van der Waals surface area contributed by atoms with Crippen LogP contribution in [-0.4, -0.2) is 45.8 Å². The molecular weight excluding hydrogens is 454 g/mol. The monoisotopic (exact) mass is 501 g/mol. The highest BCUT2D eigenvalue weighted by molar-refractivity contribution is 7.86. The molecule has 1 aliphatic rings. The fourth-order valence-electron chi connectivity index (χ4n) is 4.43. The van der Waals surface area contributed by atoms with Gasteiger partial charge in [-0.15, -0.1) is 0 Å². The Morgan fingerprint density at radius 2 is 1.47 bits per heavy atom. The number of carbonyl (C=O) groups is 3. The number of ether oxygens (including phenoxy) is 2. The molecule has 1 heterocycles. The molecular formula is C26H47NO6S. The van der Waals surface area contributed by atoms with E-state index in [9.17, 15) is 18.6 Å². The van der Waals surface area contributed by atoms with E-state index in [-0.39, 0.29) is 35.6 Å². The predicted octanol–water partition coefficient (Wildman–Crippen LogP) is 4.96. The molecule has 8 heteroatoms. The molecule has 0 spiro atoms. The number of nitrogens with two attached hydrogens (primary N) is 1. The van der Waals surface area contributed by atoms with E-state index in [1.54, 1.807) is 0 Å². The average Bonchev–Trinajstić information content (AvgIpc) is 2.76. The summed E-state index contributed by atoms with van der Waals surface area (Å²) in [7, 11) is -1.66. The van der Waals surface area contributed by atoms with E-state index in [0.29, 0.717) is 12.8 Å². The van der Waals surface area contributed by atoms with E-state index in [1.165, 1.54) is 38.5 Å². The molecule has 1 unspecified atom stereocenters. The summed E-state index contributed by atoms with van der Waals surface area (Å²) >= 11 is 0. The van der Waals surface area contributed by atoms with Crippen molar-refractivity contribution < 1.29 is 28.1 Å². The fraction of sp³-hybridized carbons (Fsp3) is 0.885. The molecule has 0 saturated carbocycles. The van der Waals surface area contributed by atoms with Gasteiger partial charge in [0.1, 0.15) is 23.7 Å². The lowest BCUT2D eigenvalue weighted by atomic mass is 9.86. The lowest BCUT2D eigenvalue weighted by Crippen LogP contribution is -2.47. The zero-order chi connectivity index (χ0) is 25.2. The quantitative estimate of drug-likeness (QED) is 0.166. The van der Waals surface area contributed by atoms with Crippen LogP contribution < -0.4 is 5.73 Å². The Hall–Kier alpha value is -1.44. The van der Waals surface area contributed by atoms with Gasteiger partial charge in [0.2, 0.25) is 5.91 Å². The topological polar surface area (TPSA) is 113 Å². The summed E-state index contributed by atoms with van der Waals surface area (Å²) in [5.74, 6) is -2.27.